The summed E-state index contributed by atoms with van der Waals surface area (Å²) >= 11 is 7.41. The van der Waals surface area contributed by atoms with E-state index in [9.17, 15) is 4.79 Å². The normalized spacial score (nSPS) is 13.3. The van der Waals surface area contributed by atoms with E-state index in [1.54, 1.807) is 0 Å². The van der Waals surface area contributed by atoms with Gasteiger partial charge in [-0.1, -0.05) is 29.8 Å². The monoisotopic (exact) mass is 383 g/mol. The molecule has 6 heteroatoms. The van der Waals surface area contributed by atoms with Crippen LogP contribution in [0.25, 0.3) is 0 Å². The van der Waals surface area contributed by atoms with Crippen molar-refractivity contribution in [2.45, 2.75) is 19.4 Å². The van der Waals surface area contributed by atoms with Crippen molar-refractivity contribution in [3.8, 4) is 0 Å². The molecule has 1 aromatic heterocycles. The van der Waals surface area contributed by atoms with Crippen molar-refractivity contribution in [1.29, 1.82) is 0 Å². The van der Waals surface area contributed by atoms with Gasteiger partial charge in [-0.15, -0.1) is 11.3 Å². The van der Waals surface area contributed by atoms with E-state index in [4.69, 9.17) is 11.6 Å². The highest BCUT2D eigenvalue weighted by Crippen LogP contribution is 2.21. The van der Waals surface area contributed by atoms with Gasteiger partial charge in [0, 0.05) is 29.1 Å². The van der Waals surface area contributed by atoms with Gasteiger partial charge in [-0.25, -0.2) is 4.98 Å². The summed E-state index contributed by atoms with van der Waals surface area (Å²) in [5, 5.41) is 9.75. The van der Waals surface area contributed by atoms with Crippen LogP contribution in [0.4, 0.5) is 5.69 Å². The second kappa shape index (κ2) is 7.58. The first-order chi connectivity index (χ1) is 12.7. The molecule has 2 heterocycles. The van der Waals surface area contributed by atoms with Gasteiger partial charge < -0.3 is 10.6 Å². The Hall–Kier alpha value is -2.21. The Morgan fingerprint density at radius 3 is 2.88 bits per heavy atom. The van der Waals surface area contributed by atoms with Crippen LogP contribution < -0.4 is 10.6 Å². The number of hydrogen-bond acceptors (Lipinski definition) is 4. The number of hydrogen-bond donors (Lipinski definition) is 2. The molecule has 0 saturated heterocycles. The summed E-state index contributed by atoms with van der Waals surface area (Å²) in [6.07, 6.45) is 1.68. The first-order valence-electron chi connectivity index (χ1n) is 8.50. The molecule has 3 aromatic rings. The van der Waals surface area contributed by atoms with Crippen LogP contribution in [-0.2, 0) is 19.4 Å². The molecule has 0 fully saturated rings. The first kappa shape index (κ1) is 17.2. The molecule has 26 heavy (non-hydrogen) atoms. The Morgan fingerprint density at radius 1 is 1.19 bits per heavy atom. The van der Waals surface area contributed by atoms with Gasteiger partial charge in [-0.05, 0) is 53.9 Å². The standard InChI is InChI=1S/C20H18ClN3OS/c21-16-4-1-13(2-5-16)9-19-24-18(12-26-19)20(25)23-17-6-3-15-11-22-8-7-14(15)10-17/h1-6,10,12,22H,7-9,11H2,(H,23,25). The summed E-state index contributed by atoms with van der Waals surface area (Å²) in [6, 6.07) is 13.8. The second-order valence-electron chi connectivity index (χ2n) is 6.29. The SMILES string of the molecule is O=C(Nc1ccc2c(c1)CCNC2)c1csc(Cc2ccc(Cl)cc2)n1. The molecule has 1 aliphatic rings. The minimum atomic E-state index is -0.169. The van der Waals surface area contributed by atoms with Gasteiger partial charge in [0.05, 0.1) is 5.01 Å². The highest BCUT2D eigenvalue weighted by molar-refractivity contribution is 7.09. The van der Waals surface area contributed by atoms with Crippen LogP contribution in [0.5, 0.6) is 0 Å². The van der Waals surface area contributed by atoms with Gasteiger partial charge in [0.25, 0.3) is 5.91 Å². The van der Waals surface area contributed by atoms with Crippen LogP contribution in [0.15, 0.2) is 47.8 Å². The number of carbonyl (C=O) groups is 1. The average molecular weight is 384 g/mol. The molecule has 2 N–H and O–H groups in total. The molecule has 132 valence electrons. The zero-order valence-corrected chi connectivity index (χ0v) is 15.7. The maximum Gasteiger partial charge on any atom is 0.275 e. The molecule has 0 radical (unpaired) electrons. The van der Waals surface area contributed by atoms with Crippen molar-refractivity contribution in [3.63, 3.8) is 0 Å². The van der Waals surface area contributed by atoms with E-state index in [0.717, 1.165) is 35.8 Å². The smallest absolute Gasteiger partial charge is 0.275 e. The molecular formula is C20H18ClN3OS. The number of rotatable bonds is 4. The first-order valence-corrected chi connectivity index (χ1v) is 9.76. The fourth-order valence-electron chi connectivity index (χ4n) is 3.02. The Kier molecular flexibility index (Phi) is 5.02. The fourth-order valence-corrected chi connectivity index (χ4v) is 3.96. The Morgan fingerprint density at radius 2 is 2.04 bits per heavy atom. The van der Waals surface area contributed by atoms with E-state index < -0.39 is 0 Å². The summed E-state index contributed by atoms with van der Waals surface area (Å²) < 4.78 is 0. The molecule has 1 aliphatic heterocycles. The van der Waals surface area contributed by atoms with Gasteiger partial charge in [0.15, 0.2) is 0 Å². The molecule has 2 aromatic carbocycles. The molecule has 1 amide bonds. The lowest BCUT2D eigenvalue weighted by Gasteiger charge is -2.17. The van der Waals surface area contributed by atoms with Crippen molar-refractivity contribution in [1.82, 2.24) is 10.3 Å². The van der Waals surface area contributed by atoms with Crippen LogP contribution in [0, 0.1) is 0 Å². The summed E-state index contributed by atoms with van der Waals surface area (Å²) in [7, 11) is 0. The lowest BCUT2D eigenvalue weighted by atomic mass is 10.0. The van der Waals surface area contributed by atoms with Gasteiger partial charge in [0.2, 0.25) is 0 Å². The maximum absolute atomic E-state index is 12.5. The highest BCUT2D eigenvalue weighted by Gasteiger charge is 2.14. The zero-order chi connectivity index (χ0) is 17.9. The van der Waals surface area contributed by atoms with E-state index in [1.807, 2.05) is 35.7 Å². The molecule has 0 saturated carbocycles. The number of nitrogens with zero attached hydrogens (tertiary/aromatic N) is 1. The molecular weight excluding hydrogens is 366 g/mol. The van der Waals surface area contributed by atoms with E-state index in [2.05, 4.69) is 27.8 Å². The van der Waals surface area contributed by atoms with Gasteiger partial charge >= 0.3 is 0 Å². The van der Waals surface area contributed by atoms with Crippen LogP contribution in [0.2, 0.25) is 5.02 Å². The third-order valence-electron chi connectivity index (χ3n) is 4.40. The lowest BCUT2D eigenvalue weighted by molar-refractivity contribution is 0.102. The Balaban J connectivity index is 1.44. The van der Waals surface area contributed by atoms with E-state index in [1.165, 1.54) is 22.5 Å². The molecule has 4 rings (SSSR count). The fraction of sp³-hybridized carbons (Fsp3) is 0.200. The maximum atomic E-state index is 12.5. The summed E-state index contributed by atoms with van der Waals surface area (Å²) in [4.78, 5) is 17.0. The van der Waals surface area contributed by atoms with Crippen molar-refractivity contribution in [3.05, 3.63) is 80.3 Å². The minimum absolute atomic E-state index is 0.169. The predicted molar refractivity (Wildman–Crippen MR) is 106 cm³/mol. The molecule has 0 bridgehead atoms. The van der Waals surface area contributed by atoms with Crippen molar-refractivity contribution in [2.24, 2.45) is 0 Å². The average Bonchev–Trinajstić information content (AvgIpc) is 3.12. The van der Waals surface area contributed by atoms with Crippen LogP contribution in [0.1, 0.15) is 32.2 Å². The molecule has 0 atom stereocenters. The molecule has 0 aliphatic carbocycles. The minimum Gasteiger partial charge on any atom is -0.321 e. The van der Waals surface area contributed by atoms with Crippen molar-refractivity contribution < 1.29 is 4.79 Å². The van der Waals surface area contributed by atoms with Crippen LogP contribution in [0.3, 0.4) is 0 Å². The Bertz CT molecular complexity index is 936. The molecule has 4 nitrogen and oxygen atoms in total. The van der Waals surface area contributed by atoms with E-state index >= 15 is 0 Å². The predicted octanol–water partition coefficient (Wildman–Crippen LogP) is 4.29. The zero-order valence-electron chi connectivity index (χ0n) is 14.1. The molecule has 0 unspecified atom stereocenters. The number of anilines is 1. The summed E-state index contributed by atoms with van der Waals surface area (Å²) in [5.74, 6) is -0.169. The van der Waals surface area contributed by atoms with Crippen molar-refractivity contribution >= 4 is 34.5 Å². The van der Waals surface area contributed by atoms with Crippen molar-refractivity contribution in [2.75, 3.05) is 11.9 Å². The third-order valence-corrected chi connectivity index (χ3v) is 5.50. The van der Waals surface area contributed by atoms with Gasteiger partial charge in [-0.2, -0.15) is 0 Å². The molecule has 0 spiro atoms. The summed E-state index contributed by atoms with van der Waals surface area (Å²) in [5.41, 5.74) is 5.00. The number of thiazole rings is 1. The van der Waals surface area contributed by atoms with Crippen LogP contribution in [-0.4, -0.2) is 17.4 Å². The largest absolute Gasteiger partial charge is 0.321 e. The number of nitrogens with one attached hydrogen (secondary N) is 2. The quantitative estimate of drug-likeness (QED) is 0.706. The van der Waals surface area contributed by atoms with Gasteiger partial charge in [-0.3, -0.25) is 4.79 Å². The number of benzene rings is 2. The van der Waals surface area contributed by atoms with E-state index in [0.29, 0.717) is 17.1 Å². The number of halogens is 1. The topological polar surface area (TPSA) is 54.0 Å². The third kappa shape index (κ3) is 3.96. The van der Waals surface area contributed by atoms with Crippen LogP contribution >= 0.6 is 22.9 Å². The van der Waals surface area contributed by atoms with Gasteiger partial charge in [0.1, 0.15) is 5.69 Å². The number of amides is 1. The second-order valence-corrected chi connectivity index (χ2v) is 7.67. The Labute approximate surface area is 161 Å². The highest BCUT2D eigenvalue weighted by atomic mass is 35.5. The number of fused-ring (bicyclic) bond motifs is 1. The number of carbonyl (C=O) groups excluding carboxylic acids is 1. The van der Waals surface area contributed by atoms with E-state index in [-0.39, 0.29) is 5.91 Å². The summed E-state index contributed by atoms with van der Waals surface area (Å²) in [6.45, 7) is 1.87. The number of aromatic nitrogens is 1. The lowest BCUT2D eigenvalue weighted by Crippen LogP contribution is -2.23.